The van der Waals surface area contributed by atoms with Gasteiger partial charge in [-0.05, 0) is 31.7 Å². The van der Waals surface area contributed by atoms with E-state index in [4.69, 9.17) is 17.3 Å². The Labute approximate surface area is 142 Å². The second-order valence-corrected chi connectivity index (χ2v) is 6.94. The average Bonchev–Trinajstić information content (AvgIpc) is 2.88. The second kappa shape index (κ2) is 5.44. The van der Waals surface area contributed by atoms with Gasteiger partial charge in [0.1, 0.15) is 0 Å². The third-order valence-corrected chi connectivity index (χ3v) is 5.40. The molecule has 3 heterocycles. The minimum absolute atomic E-state index is 0.137. The van der Waals surface area contributed by atoms with E-state index in [1.54, 1.807) is 0 Å². The molecule has 1 saturated heterocycles. The number of nitrogens with one attached hydrogen (secondary N) is 1. The normalized spacial score (nSPS) is 18.8. The first-order valence-electron chi connectivity index (χ1n) is 7.94. The molecule has 2 aliphatic rings. The fourth-order valence-corrected chi connectivity index (χ4v) is 4.09. The van der Waals surface area contributed by atoms with E-state index in [9.17, 15) is 9.18 Å². The Morgan fingerprint density at radius 3 is 2.79 bits per heavy atom. The zero-order valence-electron chi connectivity index (χ0n) is 13.0. The Kier molecular flexibility index (Phi) is 3.49. The van der Waals surface area contributed by atoms with Crippen LogP contribution in [0.2, 0.25) is 5.02 Å². The van der Waals surface area contributed by atoms with Crippen molar-refractivity contribution in [2.24, 2.45) is 0 Å². The zero-order chi connectivity index (χ0) is 16.9. The van der Waals surface area contributed by atoms with E-state index in [-0.39, 0.29) is 21.9 Å². The average molecular weight is 350 g/mol. The number of aromatic nitrogens is 3. The lowest BCUT2D eigenvalue weighted by Gasteiger charge is -2.40. The van der Waals surface area contributed by atoms with Crippen molar-refractivity contribution in [3.8, 4) is 0 Å². The van der Waals surface area contributed by atoms with Gasteiger partial charge in [-0.3, -0.25) is 9.78 Å². The van der Waals surface area contributed by atoms with E-state index < -0.39 is 5.82 Å². The number of nitrogens with zero attached hydrogens (tertiary/aromatic N) is 3. The topological polar surface area (TPSA) is 87.9 Å². The van der Waals surface area contributed by atoms with Crippen molar-refractivity contribution >= 4 is 23.4 Å². The van der Waals surface area contributed by atoms with Crippen LogP contribution in [0, 0.1) is 5.82 Å². The molecular formula is C16H17ClFN5O. The number of rotatable bonds is 1. The highest BCUT2D eigenvalue weighted by Crippen LogP contribution is 2.45. The Morgan fingerprint density at radius 2 is 2.08 bits per heavy atom. The molecule has 3 N–H and O–H groups in total. The molecule has 0 amide bonds. The van der Waals surface area contributed by atoms with E-state index >= 15 is 0 Å². The largest absolute Gasteiger partial charge is 0.369 e. The molecule has 0 aromatic carbocycles. The van der Waals surface area contributed by atoms with Gasteiger partial charge in [-0.2, -0.15) is 0 Å². The highest BCUT2D eigenvalue weighted by Gasteiger charge is 2.44. The van der Waals surface area contributed by atoms with Crippen molar-refractivity contribution in [1.29, 1.82) is 0 Å². The number of hydrogen-bond acceptors (Lipinski definition) is 5. The van der Waals surface area contributed by atoms with Crippen LogP contribution in [0.15, 0.2) is 17.1 Å². The molecule has 1 aliphatic heterocycles. The van der Waals surface area contributed by atoms with Crippen LogP contribution < -0.4 is 16.2 Å². The summed E-state index contributed by atoms with van der Waals surface area (Å²) in [4.78, 5) is 25.1. The maximum absolute atomic E-state index is 14.1. The van der Waals surface area contributed by atoms with Gasteiger partial charge in [-0.25, -0.2) is 14.4 Å². The van der Waals surface area contributed by atoms with Crippen LogP contribution >= 0.6 is 11.6 Å². The first kappa shape index (κ1) is 15.4. The Hall–Kier alpha value is -2.15. The summed E-state index contributed by atoms with van der Waals surface area (Å²) in [6, 6.07) is 1.28. The number of nitrogen functional groups attached to an aromatic ring is 1. The summed E-state index contributed by atoms with van der Waals surface area (Å²) in [5.74, 6) is 0.0720. The number of anilines is 2. The van der Waals surface area contributed by atoms with E-state index in [2.05, 4.69) is 15.0 Å². The number of nitrogens with two attached hydrogens (primary N) is 1. The van der Waals surface area contributed by atoms with Crippen molar-refractivity contribution in [3.63, 3.8) is 0 Å². The molecule has 0 atom stereocenters. The molecule has 4 rings (SSSR count). The first-order chi connectivity index (χ1) is 11.5. The Bertz CT molecular complexity index is 860. The van der Waals surface area contributed by atoms with Crippen LogP contribution in [0.4, 0.5) is 16.2 Å². The molecule has 6 nitrogen and oxygen atoms in total. The highest BCUT2D eigenvalue weighted by atomic mass is 35.5. The molecule has 1 aliphatic carbocycles. The fraction of sp³-hybridized carbons (Fsp3) is 0.438. The lowest BCUT2D eigenvalue weighted by atomic mass is 9.76. The van der Waals surface area contributed by atoms with Crippen LogP contribution in [0.5, 0.6) is 0 Å². The van der Waals surface area contributed by atoms with Crippen LogP contribution in [0.25, 0.3) is 0 Å². The molecular weight excluding hydrogens is 333 g/mol. The molecule has 1 fully saturated rings. The molecule has 0 bridgehead atoms. The van der Waals surface area contributed by atoms with Crippen molar-refractivity contribution in [3.05, 3.63) is 44.7 Å². The van der Waals surface area contributed by atoms with Gasteiger partial charge in [0.2, 0.25) is 5.95 Å². The number of piperidine rings is 1. The summed E-state index contributed by atoms with van der Waals surface area (Å²) >= 11 is 5.77. The van der Waals surface area contributed by atoms with Crippen molar-refractivity contribution in [2.75, 3.05) is 23.7 Å². The van der Waals surface area contributed by atoms with Crippen LogP contribution in [0.3, 0.4) is 0 Å². The SMILES string of the molecule is Nc1nc2c(c(=O)[nH]1)CCC21CCN(c2ncc(Cl)cc2F)CC1. The smallest absolute Gasteiger partial charge is 0.255 e. The van der Waals surface area contributed by atoms with Gasteiger partial charge in [0, 0.05) is 30.3 Å². The highest BCUT2D eigenvalue weighted by molar-refractivity contribution is 6.30. The molecule has 2 aromatic rings. The minimum atomic E-state index is -0.413. The van der Waals surface area contributed by atoms with Crippen molar-refractivity contribution in [1.82, 2.24) is 15.0 Å². The number of fused-ring (bicyclic) bond motifs is 2. The third-order valence-electron chi connectivity index (χ3n) is 5.20. The van der Waals surface area contributed by atoms with Gasteiger partial charge >= 0.3 is 0 Å². The summed E-state index contributed by atoms with van der Waals surface area (Å²) in [6.45, 7) is 1.30. The Morgan fingerprint density at radius 1 is 1.33 bits per heavy atom. The number of aromatic amines is 1. The molecule has 126 valence electrons. The number of hydrogen-bond donors (Lipinski definition) is 2. The molecule has 8 heteroatoms. The van der Waals surface area contributed by atoms with Crippen molar-refractivity contribution < 1.29 is 4.39 Å². The molecule has 1 spiro atoms. The standard InChI is InChI=1S/C16H17ClFN5O/c17-9-7-11(18)13(20-8-9)23-5-3-16(4-6-23)2-1-10-12(16)21-15(19)22-14(10)24/h7-8H,1-6H2,(H3,19,21,22,24). The van der Waals surface area contributed by atoms with E-state index in [1.807, 2.05) is 4.90 Å². The number of H-pyrrole nitrogens is 1. The van der Waals surface area contributed by atoms with Gasteiger partial charge in [0.05, 0.1) is 10.7 Å². The predicted molar refractivity (Wildman–Crippen MR) is 89.9 cm³/mol. The zero-order valence-corrected chi connectivity index (χ0v) is 13.7. The van der Waals surface area contributed by atoms with E-state index in [0.29, 0.717) is 25.3 Å². The summed E-state index contributed by atoms with van der Waals surface area (Å²) < 4.78 is 14.1. The van der Waals surface area contributed by atoms with E-state index in [0.717, 1.165) is 30.5 Å². The molecule has 0 saturated carbocycles. The summed E-state index contributed by atoms with van der Waals surface area (Å²) in [7, 11) is 0. The van der Waals surface area contributed by atoms with Gasteiger partial charge in [0.25, 0.3) is 5.56 Å². The predicted octanol–water partition coefficient (Wildman–Crippen LogP) is 2.02. The van der Waals surface area contributed by atoms with Gasteiger partial charge in [-0.1, -0.05) is 11.6 Å². The van der Waals surface area contributed by atoms with Gasteiger partial charge in [0.15, 0.2) is 11.6 Å². The first-order valence-corrected chi connectivity index (χ1v) is 8.31. The summed E-state index contributed by atoms with van der Waals surface area (Å²) in [5.41, 5.74) is 7.02. The van der Waals surface area contributed by atoms with Crippen LogP contribution in [-0.4, -0.2) is 28.0 Å². The van der Waals surface area contributed by atoms with Gasteiger partial charge in [-0.15, -0.1) is 0 Å². The maximum atomic E-state index is 14.1. The number of halogens is 2. The van der Waals surface area contributed by atoms with Crippen LogP contribution in [-0.2, 0) is 11.8 Å². The molecule has 0 unspecified atom stereocenters. The molecule has 2 aromatic heterocycles. The third kappa shape index (κ3) is 2.34. The molecule has 24 heavy (non-hydrogen) atoms. The minimum Gasteiger partial charge on any atom is -0.369 e. The monoisotopic (exact) mass is 349 g/mol. The lowest BCUT2D eigenvalue weighted by Crippen LogP contribution is -2.43. The second-order valence-electron chi connectivity index (χ2n) is 6.50. The van der Waals surface area contributed by atoms with Crippen LogP contribution in [0.1, 0.15) is 30.5 Å². The van der Waals surface area contributed by atoms with E-state index in [1.165, 1.54) is 12.3 Å². The Balaban J connectivity index is 1.61. The summed E-state index contributed by atoms with van der Waals surface area (Å²) in [6.07, 6.45) is 4.63. The fourth-order valence-electron chi connectivity index (χ4n) is 3.94. The maximum Gasteiger partial charge on any atom is 0.255 e. The number of pyridine rings is 1. The lowest BCUT2D eigenvalue weighted by molar-refractivity contribution is 0.321. The summed E-state index contributed by atoms with van der Waals surface area (Å²) in [5, 5.41) is 0.286. The van der Waals surface area contributed by atoms with Gasteiger partial charge < -0.3 is 10.6 Å². The van der Waals surface area contributed by atoms with Crippen molar-refractivity contribution in [2.45, 2.75) is 31.1 Å². The molecule has 0 radical (unpaired) electrons. The quantitative estimate of drug-likeness (QED) is 0.822.